The SMILES string of the molecule is OC(C1=CN2C(=NCC2c2cncc(NC3CCCNC3)n2)C=N1)C(F)(F)F. The maximum absolute atomic E-state index is 12.8. The van der Waals surface area contributed by atoms with Gasteiger partial charge in [-0.3, -0.25) is 15.0 Å². The van der Waals surface area contributed by atoms with Crippen molar-refractivity contribution < 1.29 is 18.3 Å². The highest BCUT2D eigenvalue weighted by atomic mass is 19.4. The van der Waals surface area contributed by atoms with Gasteiger partial charge in [0.05, 0.1) is 42.6 Å². The minimum absolute atomic E-state index is 0.254. The van der Waals surface area contributed by atoms with E-state index < -0.39 is 24.0 Å². The molecule has 3 aliphatic heterocycles. The van der Waals surface area contributed by atoms with Crippen molar-refractivity contribution in [3.8, 4) is 0 Å². The zero-order valence-corrected chi connectivity index (χ0v) is 14.9. The molecule has 4 rings (SSSR count). The number of halogens is 3. The van der Waals surface area contributed by atoms with Gasteiger partial charge in [-0.25, -0.2) is 4.98 Å². The van der Waals surface area contributed by atoms with Crippen molar-refractivity contribution in [2.24, 2.45) is 9.98 Å². The lowest BCUT2D eigenvalue weighted by Gasteiger charge is -2.28. The van der Waals surface area contributed by atoms with Crippen molar-refractivity contribution in [2.75, 3.05) is 25.0 Å². The van der Waals surface area contributed by atoms with Gasteiger partial charge in [0, 0.05) is 18.8 Å². The first-order chi connectivity index (χ1) is 13.4. The summed E-state index contributed by atoms with van der Waals surface area (Å²) >= 11 is 0. The maximum Gasteiger partial charge on any atom is 0.420 e. The highest BCUT2D eigenvalue weighted by molar-refractivity contribution is 6.31. The summed E-state index contributed by atoms with van der Waals surface area (Å²) in [6.07, 6.45) is 0.282. The zero-order valence-electron chi connectivity index (χ0n) is 14.9. The van der Waals surface area contributed by atoms with E-state index in [0.717, 1.165) is 25.9 Å². The second-order valence-electron chi connectivity index (χ2n) is 6.90. The van der Waals surface area contributed by atoms with Gasteiger partial charge in [-0.05, 0) is 19.4 Å². The molecular formula is C17H20F3N7O. The molecular weight excluding hydrogens is 375 g/mol. The molecule has 0 aromatic carbocycles. The highest BCUT2D eigenvalue weighted by Crippen LogP contribution is 2.32. The Morgan fingerprint density at radius 2 is 2.18 bits per heavy atom. The van der Waals surface area contributed by atoms with Crippen LogP contribution in [-0.2, 0) is 0 Å². The number of piperidine rings is 1. The summed E-state index contributed by atoms with van der Waals surface area (Å²) in [5.74, 6) is 1.05. The first-order valence-corrected chi connectivity index (χ1v) is 9.04. The smallest absolute Gasteiger partial charge is 0.378 e. The number of aliphatic imine (C=N–C) groups is 2. The number of aromatic nitrogens is 2. The van der Waals surface area contributed by atoms with Crippen LogP contribution in [0, 0.1) is 0 Å². The van der Waals surface area contributed by atoms with Gasteiger partial charge >= 0.3 is 6.18 Å². The van der Waals surface area contributed by atoms with Gasteiger partial charge in [0.2, 0.25) is 0 Å². The number of aliphatic hydroxyl groups excluding tert-OH is 1. The van der Waals surface area contributed by atoms with Crippen LogP contribution < -0.4 is 10.6 Å². The van der Waals surface area contributed by atoms with Crippen LogP contribution in [0.1, 0.15) is 24.6 Å². The van der Waals surface area contributed by atoms with E-state index >= 15 is 0 Å². The van der Waals surface area contributed by atoms with E-state index in [2.05, 4.69) is 30.6 Å². The molecule has 0 saturated carbocycles. The topological polar surface area (TPSA) is 98.0 Å². The van der Waals surface area contributed by atoms with Crippen LogP contribution in [0.2, 0.25) is 0 Å². The molecule has 0 bridgehead atoms. The number of hydrogen-bond donors (Lipinski definition) is 3. The minimum Gasteiger partial charge on any atom is -0.378 e. The van der Waals surface area contributed by atoms with Gasteiger partial charge in [0.1, 0.15) is 11.7 Å². The van der Waals surface area contributed by atoms with E-state index in [4.69, 9.17) is 0 Å². The third kappa shape index (κ3) is 3.85. The molecule has 3 atom stereocenters. The van der Waals surface area contributed by atoms with Gasteiger partial charge in [0.15, 0.2) is 6.10 Å². The number of rotatable bonds is 4. The van der Waals surface area contributed by atoms with E-state index in [9.17, 15) is 18.3 Å². The molecule has 0 amide bonds. The predicted molar refractivity (Wildman–Crippen MR) is 97.1 cm³/mol. The molecule has 0 radical (unpaired) electrons. The van der Waals surface area contributed by atoms with E-state index in [0.29, 0.717) is 23.9 Å². The number of fused-ring (bicyclic) bond motifs is 1. The summed E-state index contributed by atoms with van der Waals surface area (Å²) < 4.78 is 38.5. The molecule has 1 aromatic rings. The standard InChI is InChI=1S/C17H20F3N7O/c18-17(19,20)16(28)12-9-27-13(6-24-15(27)8-23-12)11-5-22-7-14(26-11)25-10-2-1-3-21-4-10/h5,7-10,13,16,21,28H,1-4,6H2,(H,25,26). The first kappa shape index (κ1) is 18.8. The Morgan fingerprint density at radius 3 is 2.93 bits per heavy atom. The van der Waals surface area contributed by atoms with Gasteiger partial charge in [-0.2, -0.15) is 13.2 Å². The van der Waals surface area contributed by atoms with Crippen LogP contribution in [0.25, 0.3) is 0 Å². The summed E-state index contributed by atoms with van der Waals surface area (Å²) in [7, 11) is 0. The van der Waals surface area contributed by atoms with Gasteiger partial charge in [0.25, 0.3) is 0 Å². The average molecular weight is 395 g/mol. The molecule has 1 saturated heterocycles. The molecule has 1 fully saturated rings. The Hall–Kier alpha value is -2.53. The van der Waals surface area contributed by atoms with E-state index in [1.807, 2.05) is 0 Å². The summed E-state index contributed by atoms with van der Waals surface area (Å²) in [6, 6.07) is -0.153. The van der Waals surface area contributed by atoms with Crippen molar-refractivity contribution in [2.45, 2.75) is 37.2 Å². The zero-order chi connectivity index (χ0) is 19.7. The molecule has 28 heavy (non-hydrogen) atoms. The number of nitrogens with zero attached hydrogens (tertiary/aromatic N) is 5. The molecule has 3 unspecified atom stereocenters. The lowest BCUT2D eigenvalue weighted by Crippen LogP contribution is -2.38. The maximum atomic E-state index is 12.8. The van der Waals surface area contributed by atoms with Crippen LogP contribution >= 0.6 is 0 Å². The van der Waals surface area contributed by atoms with Gasteiger partial charge in [-0.1, -0.05) is 0 Å². The van der Waals surface area contributed by atoms with E-state index in [1.54, 1.807) is 17.3 Å². The Morgan fingerprint density at radius 1 is 1.32 bits per heavy atom. The third-order valence-corrected chi connectivity index (χ3v) is 4.86. The quantitative estimate of drug-likeness (QED) is 0.710. The van der Waals surface area contributed by atoms with Crippen molar-refractivity contribution in [1.29, 1.82) is 0 Å². The Kier molecular flexibility index (Phi) is 5.02. The molecule has 1 aromatic heterocycles. The summed E-state index contributed by atoms with van der Waals surface area (Å²) in [5, 5.41) is 16.2. The fourth-order valence-electron chi connectivity index (χ4n) is 3.42. The summed E-state index contributed by atoms with van der Waals surface area (Å²) in [4.78, 5) is 18.4. The van der Waals surface area contributed by atoms with Crippen molar-refractivity contribution in [1.82, 2.24) is 20.2 Å². The third-order valence-electron chi connectivity index (χ3n) is 4.86. The Labute approximate surface area is 159 Å². The number of aliphatic hydroxyl groups is 1. The number of alkyl halides is 3. The van der Waals surface area contributed by atoms with Crippen molar-refractivity contribution in [3.63, 3.8) is 0 Å². The second kappa shape index (κ2) is 7.47. The van der Waals surface area contributed by atoms with Gasteiger partial charge in [-0.15, -0.1) is 0 Å². The monoisotopic (exact) mass is 395 g/mol. The van der Waals surface area contributed by atoms with Crippen LogP contribution in [-0.4, -0.2) is 70.0 Å². The second-order valence-corrected chi connectivity index (χ2v) is 6.90. The summed E-state index contributed by atoms with van der Waals surface area (Å²) in [6.45, 7) is 2.16. The highest BCUT2D eigenvalue weighted by Gasteiger charge is 2.43. The molecule has 8 nitrogen and oxygen atoms in total. The van der Waals surface area contributed by atoms with E-state index in [1.165, 1.54) is 12.4 Å². The van der Waals surface area contributed by atoms with Crippen LogP contribution in [0.5, 0.6) is 0 Å². The fourth-order valence-corrected chi connectivity index (χ4v) is 3.42. The fraction of sp³-hybridized carbons (Fsp3) is 0.529. The largest absolute Gasteiger partial charge is 0.420 e. The van der Waals surface area contributed by atoms with Crippen molar-refractivity contribution in [3.05, 3.63) is 30.0 Å². The van der Waals surface area contributed by atoms with Crippen LogP contribution in [0.4, 0.5) is 19.0 Å². The number of anilines is 1. The molecule has 3 N–H and O–H groups in total. The number of nitrogens with one attached hydrogen (secondary N) is 2. The van der Waals surface area contributed by atoms with Crippen molar-refractivity contribution >= 4 is 17.9 Å². The number of amidine groups is 1. The molecule has 150 valence electrons. The number of hydrogen-bond acceptors (Lipinski definition) is 8. The Balaban J connectivity index is 1.53. The molecule has 4 heterocycles. The molecule has 11 heteroatoms. The molecule has 0 aliphatic carbocycles. The minimum atomic E-state index is -4.79. The van der Waals surface area contributed by atoms with Crippen LogP contribution in [0.15, 0.2) is 34.3 Å². The normalized spacial score (nSPS) is 25.8. The molecule has 3 aliphatic rings. The lowest BCUT2D eigenvalue weighted by atomic mass is 10.1. The average Bonchev–Trinajstić information content (AvgIpc) is 3.11. The summed E-state index contributed by atoms with van der Waals surface area (Å²) in [5.41, 5.74) is 0.105. The molecule has 0 spiro atoms. The first-order valence-electron chi connectivity index (χ1n) is 9.04. The van der Waals surface area contributed by atoms with E-state index in [-0.39, 0.29) is 6.04 Å². The van der Waals surface area contributed by atoms with Crippen LogP contribution in [0.3, 0.4) is 0 Å². The lowest BCUT2D eigenvalue weighted by molar-refractivity contribution is -0.191. The predicted octanol–water partition coefficient (Wildman–Crippen LogP) is 1.24. The van der Waals surface area contributed by atoms with Gasteiger partial charge < -0.3 is 20.6 Å². The Bertz CT molecular complexity index is 817.